The van der Waals surface area contributed by atoms with Crippen LogP contribution in [-0.4, -0.2) is 45.0 Å². The van der Waals surface area contributed by atoms with Crippen molar-refractivity contribution in [3.05, 3.63) is 107 Å². The summed E-state index contributed by atoms with van der Waals surface area (Å²) in [6.07, 6.45) is 0.225. The molecule has 7 nitrogen and oxygen atoms in total. The number of hydrogen-bond acceptors (Lipinski definition) is 4. The molecule has 0 radical (unpaired) electrons. The van der Waals surface area contributed by atoms with Crippen molar-refractivity contribution < 1.29 is 19.5 Å². The van der Waals surface area contributed by atoms with Gasteiger partial charge in [0, 0.05) is 63.6 Å². The number of aromatic amines is 2. The van der Waals surface area contributed by atoms with Crippen LogP contribution >= 0.6 is 11.6 Å². The number of phenols is 1. The summed E-state index contributed by atoms with van der Waals surface area (Å²) in [5, 5.41) is 14.0. The zero-order chi connectivity index (χ0) is 29.1. The van der Waals surface area contributed by atoms with Crippen LogP contribution in [0.3, 0.4) is 0 Å². The molecule has 2 aromatic heterocycles. The van der Waals surface area contributed by atoms with E-state index in [1.807, 2.05) is 54.6 Å². The number of Topliss-reactive ketones (excluding diaryl/α,β-unsaturated/α-hetero) is 2. The fraction of sp³-hybridized carbons (Fsp3) is 0.147. The fourth-order valence-corrected chi connectivity index (χ4v) is 6.45. The number of nitrogens with zero attached hydrogens (tertiary/aromatic N) is 1. The number of ketones is 2. The largest absolute Gasteiger partial charge is 0.507 e. The first kappa shape index (κ1) is 26.0. The molecular formula is C34H26ClN3O4. The molecule has 7 rings (SSSR count). The van der Waals surface area contributed by atoms with E-state index >= 15 is 0 Å². The van der Waals surface area contributed by atoms with Gasteiger partial charge in [-0.15, -0.1) is 11.6 Å². The second-order valence-electron chi connectivity index (χ2n) is 10.9. The summed E-state index contributed by atoms with van der Waals surface area (Å²) >= 11 is 6.38. The number of alkyl halides is 1. The predicted molar refractivity (Wildman–Crippen MR) is 165 cm³/mol. The van der Waals surface area contributed by atoms with E-state index in [9.17, 15) is 19.5 Å². The first-order chi connectivity index (χ1) is 20.3. The first-order valence-electron chi connectivity index (χ1n) is 13.7. The lowest BCUT2D eigenvalue weighted by molar-refractivity contribution is 0.0978. The van der Waals surface area contributed by atoms with Gasteiger partial charge >= 0.3 is 0 Å². The second-order valence-corrected chi connectivity index (χ2v) is 11.2. The average molecular weight is 576 g/mol. The van der Waals surface area contributed by atoms with Crippen LogP contribution in [0.5, 0.6) is 5.75 Å². The summed E-state index contributed by atoms with van der Waals surface area (Å²) in [6.45, 7) is 1.82. The third-order valence-electron chi connectivity index (χ3n) is 8.18. The Morgan fingerprint density at radius 2 is 1.67 bits per heavy atom. The van der Waals surface area contributed by atoms with Crippen LogP contribution in [0.25, 0.3) is 32.6 Å². The number of rotatable bonds is 6. The zero-order valence-electron chi connectivity index (χ0n) is 22.7. The first-order valence-corrected chi connectivity index (χ1v) is 14.3. The Morgan fingerprint density at radius 1 is 0.905 bits per heavy atom. The van der Waals surface area contributed by atoms with E-state index in [1.54, 1.807) is 29.2 Å². The number of anilines is 1. The number of halogens is 1. The van der Waals surface area contributed by atoms with Gasteiger partial charge in [0.25, 0.3) is 5.91 Å². The summed E-state index contributed by atoms with van der Waals surface area (Å²) in [4.78, 5) is 47.2. The SMILES string of the molecule is CC(=O)c1cccc2c3c(cc(O)c12)N(C(=O)c1cc2cc(CC(=O)c4cc5ccccc5[nH]4)ccc2[nH]1)CC3CCl. The minimum absolute atomic E-state index is 0.0156. The van der Waals surface area contributed by atoms with E-state index in [0.29, 0.717) is 34.6 Å². The number of carbonyl (C=O) groups is 3. The third kappa shape index (κ3) is 4.16. The van der Waals surface area contributed by atoms with Crippen LogP contribution in [0.15, 0.2) is 78.9 Å². The number of carbonyl (C=O) groups excluding carboxylic acids is 3. The van der Waals surface area contributed by atoms with Crippen molar-refractivity contribution in [2.24, 2.45) is 0 Å². The highest BCUT2D eigenvalue weighted by Gasteiger charge is 2.36. The van der Waals surface area contributed by atoms with Gasteiger partial charge in [0.15, 0.2) is 11.6 Å². The molecule has 0 fully saturated rings. The summed E-state index contributed by atoms with van der Waals surface area (Å²) in [5.74, 6) is -0.354. The second kappa shape index (κ2) is 9.89. The van der Waals surface area contributed by atoms with Crippen molar-refractivity contribution in [2.45, 2.75) is 19.3 Å². The summed E-state index contributed by atoms with van der Waals surface area (Å²) in [5.41, 5.74) is 5.36. The van der Waals surface area contributed by atoms with E-state index in [1.165, 1.54) is 6.92 Å². The molecule has 0 saturated heterocycles. The lowest BCUT2D eigenvalue weighted by Crippen LogP contribution is -2.30. The van der Waals surface area contributed by atoms with E-state index < -0.39 is 0 Å². The molecule has 42 heavy (non-hydrogen) atoms. The maximum atomic E-state index is 13.9. The Hall–Kier alpha value is -4.88. The molecule has 0 aliphatic carbocycles. The zero-order valence-corrected chi connectivity index (χ0v) is 23.5. The number of benzene rings is 4. The van der Waals surface area contributed by atoms with Gasteiger partial charge in [-0.05, 0) is 53.8 Å². The van der Waals surface area contributed by atoms with E-state index in [0.717, 1.165) is 38.3 Å². The van der Waals surface area contributed by atoms with Crippen LogP contribution in [0, 0.1) is 0 Å². The van der Waals surface area contributed by atoms with Gasteiger partial charge in [0.1, 0.15) is 11.4 Å². The molecule has 8 heteroatoms. The van der Waals surface area contributed by atoms with Crippen molar-refractivity contribution in [1.82, 2.24) is 9.97 Å². The van der Waals surface area contributed by atoms with Gasteiger partial charge in [0.2, 0.25) is 0 Å². The lowest BCUT2D eigenvalue weighted by atomic mass is 9.92. The number of para-hydroxylation sites is 1. The van der Waals surface area contributed by atoms with E-state index in [-0.39, 0.29) is 41.4 Å². The third-order valence-corrected chi connectivity index (χ3v) is 8.56. The maximum absolute atomic E-state index is 13.9. The normalized spacial score (nSPS) is 14.6. The standard InChI is InChI=1S/C34H26ClN3O4/c1-18(39)23-6-4-7-24-32-22(16-35)17-38(29(32)15-31(41)33(23)24)34(42)28-14-21-11-19(9-10-26(21)37-28)12-30(40)27-13-20-5-2-3-8-25(20)36-27/h2-11,13-15,22,36-37,41H,12,16-17H2,1H3. The van der Waals surface area contributed by atoms with Gasteiger partial charge in [-0.3, -0.25) is 14.4 Å². The average Bonchev–Trinajstić information content (AvgIpc) is 3.71. The number of aromatic nitrogens is 2. The summed E-state index contributed by atoms with van der Waals surface area (Å²) < 4.78 is 0. The molecule has 1 unspecified atom stereocenters. The van der Waals surface area contributed by atoms with Gasteiger partial charge < -0.3 is 20.0 Å². The molecule has 1 aliphatic heterocycles. The fourth-order valence-electron chi connectivity index (χ4n) is 6.20. The molecule has 3 heterocycles. The van der Waals surface area contributed by atoms with E-state index in [4.69, 9.17) is 11.6 Å². The van der Waals surface area contributed by atoms with Gasteiger partial charge in [-0.1, -0.05) is 42.5 Å². The molecule has 0 bridgehead atoms. The van der Waals surface area contributed by atoms with Gasteiger partial charge in [-0.2, -0.15) is 0 Å². The van der Waals surface area contributed by atoms with Gasteiger partial charge in [-0.25, -0.2) is 0 Å². The molecule has 1 aliphatic rings. The number of phenolic OH excluding ortho intramolecular Hbond substituents is 1. The molecule has 6 aromatic rings. The minimum atomic E-state index is -0.253. The number of aromatic hydroxyl groups is 1. The van der Waals surface area contributed by atoms with Crippen molar-refractivity contribution in [1.29, 1.82) is 0 Å². The number of hydrogen-bond donors (Lipinski definition) is 3. The van der Waals surface area contributed by atoms with Crippen LogP contribution < -0.4 is 4.90 Å². The topological polar surface area (TPSA) is 106 Å². The molecule has 208 valence electrons. The monoisotopic (exact) mass is 575 g/mol. The Morgan fingerprint density at radius 3 is 2.45 bits per heavy atom. The molecule has 1 amide bonds. The van der Waals surface area contributed by atoms with Crippen LogP contribution in [-0.2, 0) is 6.42 Å². The lowest BCUT2D eigenvalue weighted by Gasteiger charge is -2.18. The van der Waals surface area contributed by atoms with Crippen molar-refractivity contribution in [2.75, 3.05) is 17.3 Å². The number of fused-ring (bicyclic) bond motifs is 5. The van der Waals surface area contributed by atoms with Crippen LogP contribution in [0.2, 0.25) is 0 Å². The Bertz CT molecular complexity index is 2060. The smallest absolute Gasteiger partial charge is 0.274 e. The predicted octanol–water partition coefficient (Wildman–Crippen LogP) is 7.12. The Kier molecular flexibility index (Phi) is 6.13. The minimum Gasteiger partial charge on any atom is -0.507 e. The van der Waals surface area contributed by atoms with Crippen LogP contribution in [0.4, 0.5) is 5.69 Å². The molecule has 0 spiro atoms. The summed E-state index contributed by atoms with van der Waals surface area (Å²) in [7, 11) is 0. The molecule has 3 N–H and O–H groups in total. The molecule has 0 saturated carbocycles. The number of nitrogens with one attached hydrogen (secondary N) is 2. The number of amides is 1. The molecule has 4 aromatic carbocycles. The molecule has 1 atom stereocenters. The Labute approximate surface area is 245 Å². The quantitative estimate of drug-likeness (QED) is 0.145. The van der Waals surface area contributed by atoms with Crippen molar-refractivity contribution in [3.63, 3.8) is 0 Å². The van der Waals surface area contributed by atoms with E-state index in [2.05, 4.69) is 9.97 Å². The highest BCUT2D eigenvalue weighted by atomic mass is 35.5. The van der Waals surface area contributed by atoms with Gasteiger partial charge in [0.05, 0.1) is 11.4 Å². The van der Waals surface area contributed by atoms with Crippen molar-refractivity contribution in [3.8, 4) is 5.75 Å². The Balaban J connectivity index is 1.20. The number of H-pyrrole nitrogens is 2. The maximum Gasteiger partial charge on any atom is 0.274 e. The van der Waals surface area contributed by atoms with Crippen LogP contribution in [0.1, 0.15) is 55.3 Å². The summed E-state index contributed by atoms with van der Waals surface area (Å²) in [6, 6.07) is 24.0. The molecular weight excluding hydrogens is 550 g/mol. The van der Waals surface area contributed by atoms with Crippen molar-refractivity contribution >= 4 is 67.3 Å². The highest BCUT2D eigenvalue weighted by molar-refractivity contribution is 6.20. The highest BCUT2D eigenvalue weighted by Crippen LogP contribution is 2.46.